The maximum absolute atomic E-state index is 11.1. The van der Waals surface area contributed by atoms with Gasteiger partial charge in [0.2, 0.25) is 0 Å². The van der Waals surface area contributed by atoms with E-state index < -0.39 is 5.97 Å². The minimum absolute atomic E-state index is 0.335. The fourth-order valence-electron chi connectivity index (χ4n) is 5.11. The monoisotopic (exact) mass is 441 g/mol. The minimum Gasteiger partial charge on any atom is -0.478 e. The van der Waals surface area contributed by atoms with Crippen LogP contribution in [0.15, 0.2) is 78.9 Å². The molecular formula is C28H31N3O2. The molecule has 0 unspecified atom stereocenters. The molecule has 170 valence electrons. The Labute approximate surface area is 195 Å². The lowest BCUT2D eigenvalue weighted by atomic mass is 9.89. The second-order valence-corrected chi connectivity index (χ2v) is 9.01. The molecule has 2 aliphatic rings. The van der Waals surface area contributed by atoms with Gasteiger partial charge in [0.15, 0.2) is 0 Å². The fourth-order valence-corrected chi connectivity index (χ4v) is 5.11. The number of aromatic carboxylic acids is 1. The first-order valence-corrected chi connectivity index (χ1v) is 11.9. The van der Waals surface area contributed by atoms with Crippen LogP contribution in [0, 0.1) is 0 Å². The number of benzene rings is 3. The first kappa shape index (κ1) is 21.4. The summed E-state index contributed by atoms with van der Waals surface area (Å²) in [5, 5.41) is 9.09. The number of carboxylic acids is 1. The summed E-state index contributed by atoms with van der Waals surface area (Å²) in [5.41, 5.74) is 5.50. The van der Waals surface area contributed by atoms with Crippen LogP contribution < -0.4 is 14.7 Å². The van der Waals surface area contributed by atoms with Crippen molar-refractivity contribution in [3.63, 3.8) is 0 Å². The lowest BCUT2D eigenvalue weighted by molar-refractivity contribution is 0.0697. The predicted molar refractivity (Wildman–Crippen MR) is 135 cm³/mol. The second-order valence-electron chi connectivity index (χ2n) is 9.01. The summed E-state index contributed by atoms with van der Waals surface area (Å²) >= 11 is 0. The maximum Gasteiger partial charge on any atom is 0.335 e. The van der Waals surface area contributed by atoms with Crippen molar-refractivity contribution in [2.24, 2.45) is 0 Å². The van der Waals surface area contributed by atoms with Crippen molar-refractivity contribution in [3.8, 4) is 0 Å². The Hall–Kier alpha value is -3.47. The van der Waals surface area contributed by atoms with Crippen LogP contribution in [-0.4, -0.2) is 50.3 Å². The van der Waals surface area contributed by atoms with Crippen LogP contribution >= 0.6 is 0 Å². The van der Waals surface area contributed by atoms with Gasteiger partial charge < -0.3 is 19.8 Å². The number of piperazine rings is 1. The minimum atomic E-state index is -0.879. The lowest BCUT2D eigenvalue weighted by Gasteiger charge is -2.38. The zero-order valence-corrected chi connectivity index (χ0v) is 18.9. The van der Waals surface area contributed by atoms with E-state index in [1.54, 1.807) is 12.1 Å². The van der Waals surface area contributed by atoms with Crippen LogP contribution in [0.25, 0.3) is 0 Å². The summed E-state index contributed by atoms with van der Waals surface area (Å²) in [4.78, 5) is 18.3. The molecule has 1 N–H and O–H groups in total. The SMILES string of the molecule is O=C(O)c1ccc(N2CCN(c3ccc(N4CCC(c5ccccc5)CC4)cc3)CC2)cc1. The summed E-state index contributed by atoms with van der Waals surface area (Å²) in [6.07, 6.45) is 2.42. The third-order valence-corrected chi connectivity index (χ3v) is 7.11. The molecule has 0 amide bonds. The largest absolute Gasteiger partial charge is 0.478 e. The van der Waals surface area contributed by atoms with E-state index in [1.807, 2.05) is 12.1 Å². The maximum atomic E-state index is 11.1. The molecule has 0 aromatic heterocycles. The Morgan fingerprint density at radius 3 is 1.48 bits per heavy atom. The van der Waals surface area contributed by atoms with Crippen LogP contribution in [0.5, 0.6) is 0 Å². The van der Waals surface area contributed by atoms with Gasteiger partial charge in [-0.05, 0) is 72.9 Å². The van der Waals surface area contributed by atoms with Crippen molar-refractivity contribution in [1.29, 1.82) is 0 Å². The first-order chi connectivity index (χ1) is 16.2. The number of nitrogens with zero attached hydrogens (tertiary/aromatic N) is 3. The molecule has 2 heterocycles. The van der Waals surface area contributed by atoms with Crippen LogP contribution in [0.2, 0.25) is 0 Å². The molecule has 3 aromatic carbocycles. The quantitative estimate of drug-likeness (QED) is 0.597. The fraction of sp³-hybridized carbons (Fsp3) is 0.321. The average Bonchev–Trinajstić information content (AvgIpc) is 2.90. The van der Waals surface area contributed by atoms with Crippen LogP contribution in [-0.2, 0) is 0 Å². The van der Waals surface area contributed by atoms with Crippen molar-refractivity contribution in [1.82, 2.24) is 0 Å². The third kappa shape index (κ3) is 4.82. The van der Waals surface area contributed by atoms with E-state index in [0.717, 1.165) is 45.0 Å². The Morgan fingerprint density at radius 2 is 1.03 bits per heavy atom. The van der Waals surface area contributed by atoms with Gasteiger partial charge in [-0.2, -0.15) is 0 Å². The topological polar surface area (TPSA) is 47.0 Å². The summed E-state index contributed by atoms with van der Waals surface area (Å²) in [6, 6.07) is 27.2. The Bertz CT molecular complexity index is 1050. The van der Waals surface area contributed by atoms with Crippen molar-refractivity contribution in [2.45, 2.75) is 18.8 Å². The molecule has 0 atom stereocenters. The van der Waals surface area contributed by atoms with E-state index in [1.165, 1.54) is 29.8 Å². The molecule has 5 rings (SSSR count). The number of rotatable bonds is 5. The van der Waals surface area contributed by atoms with Crippen LogP contribution in [0.1, 0.15) is 34.7 Å². The average molecular weight is 442 g/mol. The summed E-state index contributed by atoms with van der Waals surface area (Å²) in [6.45, 7) is 6.00. The molecule has 0 aliphatic carbocycles. The van der Waals surface area contributed by atoms with Gasteiger partial charge in [0.05, 0.1) is 5.56 Å². The number of hydrogen-bond donors (Lipinski definition) is 1. The normalized spacial score (nSPS) is 17.3. The molecule has 5 nitrogen and oxygen atoms in total. The molecule has 0 radical (unpaired) electrons. The van der Waals surface area contributed by atoms with E-state index in [9.17, 15) is 4.79 Å². The van der Waals surface area contributed by atoms with Gasteiger partial charge in [-0.15, -0.1) is 0 Å². The molecule has 33 heavy (non-hydrogen) atoms. The van der Waals surface area contributed by atoms with Crippen molar-refractivity contribution in [2.75, 3.05) is 54.0 Å². The molecule has 2 fully saturated rings. The molecule has 5 heteroatoms. The lowest BCUT2D eigenvalue weighted by Crippen LogP contribution is -2.46. The number of anilines is 3. The first-order valence-electron chi connectivity index (χ1n) is 11.9. The summed E-state index contributed by atoms with van der Waals surface area (Å²) in [5.74, 6) is -0.200. The molecule has 2 saturated heterocycles. The standard InChI is InChI=1S/C28H31N3O2/c32-28(33)24-6-8-25(9-7-24)30-18-20-31(21-19-30)27-12-10-26(11-13-27)29-16-14-23(15-17-29)22-4-2-1-3-5-22/h1-13,23H,14-21H2,(H,32,33). The highest BCUT2D eigenvalue weighted by atomic mass is 16.4. The van der Waals surface area contributed by atoms with Gasteiger partial charge in [-0.1, -0.05) is 30.3 Å². The highest BCUT2D eigenvalue weighted by Gasteiger charge is 2.22. The smallest absolute Gasteiger partial charge is 0.335 e. The summed E-state index contributed by atoms with van der Waals surface area (Å²) in [7, 11) is 0. The Balaban J connectivity index is 1.14. The van der Waals surface area contributed by atoms with Crippen molar-refractivity contribution >= 4 is 23.0 Å². The van der Waals surface area contributed by atoms with E-state index in [2.05, 4.69) is 69.3 Å². The third-order valence-electron chi connectivity index (χ3n) is 7.11. The molecule has 3 aromatic rings. The second kappa shape index (κ2) is 9.57. The van der Waals surface area contributed by atoms with E-state index in [4.69, 9.17) is 5.11 Å². The van der Waals surface area contributed by atoms with Crippen molar-refractivity contribution in [3.05, 3.63) is 90.0 Å². The molecular weight excluding hydrogens is 410 g/mol. The van der Waals surface area contributed by atoms with E-state index >= 15 is 0 Å². The molecule has 0 bridgehead atoms. The highest BCUT2D eigenvalue weighted by molar-refractivity contribution is 5.88. The molecule has 0 spiro atoms. The van der Waals surface area contributed by atoms with Gasteiger partial charge in [0.25, 0.3) is 0 Å². The Kier molecular flexibility index (Phi) is 6.20. The molecule has 0 saturated carbocycles. The van der Waals surface area contributed by atoms with Crippen LogP contribution in [0.3, 0.4) is 0 Å². The van der Waals surface area contributed by atoms with Gasteiger partial charge in [0.1, 0.15) is 0 Å². The number of hydrogen-bond acceptors (Lipinski definition) is 4. The van der Waals surface area contributed by atoms with E-state index in [-0.39, 0.29) is 0 Å². The zero-order chi connectivity index (χ0) is 22.6. The number of carbonyl (C=O) groups is 1. The zero-order valence-electron chi connectivity index (χ0n) is 18.9. The summed E-state index contributed by atoms with van der Waals surface area (Å²) < 4.78 is 0. The van der Waals surface area contributed by atoms with Crippen LogP contribution in [0.4, 0.5) is 17.1 Å². The Morgan fingerprint density at radius 1 is 0.606 bits per heavy atom. The van der Waals surface area contributed by atoms with Gasteiger partial charge in [-0.25, -0.2) is 4.79 Å². The van der Waals surface area contributed by atoms with E-state index in [0.29, 0.717) is 11.5 Å². The predicted octanol–water partition coefficient (Wildman–Crippen LogP) is 5.10. The van der Waals surface area contributed by atoms with Crippen molar-refractivity contribution < 1.29 is 9.90 Å². The highest BCUT2D eigenvalue weighted by Crippen LogP contribution is 2.31. The van der Waals surface area contributed by atoms with Gasteiger partial charge in [-0.3, -0.25) is 0 Å². The van der Waals surface area contributed by atoms with Gasteiger partial charge >= 0.3 is 5.97 Å². The number of piperidine rings is 1. The van der Waals surface area contributed by atoms with Gasteiger partial charge in [0, 0.05) is 56.3 Å². The number of carboxylic acid groups (broad SMARTS) is 1. The molecule has 2 aliphatic heterocycles.